The summed E-state index contributed by atoms with van der Waals surface area (Å²) in [7, 11) is 0. The van der Waals surface area contributed by atoms with Gasteiger partial charge in [0.15, 0.2) is 0 Å². The summed E-state index contributed by atoms with van der Waals surface area (Å²) in [6.45, 7) is 5.37. The average Bonchev–Trinajstić information content (AvgIpc) is 2.42. The van der Waals surface area contributed by atoms with Gasteiger partial charge in [-0.3, -0.25) is 9.20 Å². The first-order valence-electron chi connectivity index (χ1n) is 5.85. The third kappa shape index (κ3) is 2.33. The van der Waals surface area contributed by atoms with Gasteiger partial charge in [0.05, 0.1) is 0 Å². The van der Waals surface area contributed by atoms with Crippen molar-refractivity contribution in [2.45, 2.75) is 6.92 Å². The third-order valence-electron chi connectivity index (χ3n) is 2.73. The van der Waals surface area contributed by atoms with Gasteiger partial charge in [-0.25, -0.2) is 0 Å². The predicted octanol–water partition coefficient (Wildman–Crippen LogP) is 2.55. The predicted molar refractivity (Wildman–Crippen MR) is 76.1 cm³/mol. The Labute approximate surface area is 110 Å². The number of hydrogen-bond acceptors (Lipinski definition) is 3. The van der Waals surface area contributed by atoms with Crippen molar-refractivity contribution < 1.29 is 5.11 Å². The number of aromatic hydroxyl groups is 1. The van der Waals surface area contributed by atoms with E-state index in [-0.39, 0.29) is 17.0 Å². The van der Waals surface area contributed by atoms with E-state index in [2.05, 4.69) is 11.6 Å². The fourth-order valence-electron chi connectivity index (χ4n) is 1.83. The van der Waals surface area contributed by atoms with Crippen molar-refractivity contribution in [3.63, 3.8) is 0 Å². The van der Waals surface area contributed by atoms with Crippen LogP contribution in [0.1, 0.15) is 12.5 Å². The van der Waals surface area contributed by atoms with Gasteiger partial charge in [0.25, 0.3) is 5.56 Å². The van der Waals surface area contributed by atoms with E-state index in [0.29, 0.717) is 11.2 Å². The minimum atomic E-state index is -0.301. The second-order valence-electron chi connectivity index (χ2n) is 3.88. The highest BCUT2D eigenvalue weighted by molar-refractivity contribution is 5.76. The summed E-state index contributed by atoms with van der Waals surface area (Å²) in [6.07, 6.45) is 8.38. The van der Waals surface area contributed by atoms with Crippen LogP contribution in [0.3, 0.4) is 0 Å². The molecule has 0 aliphatic carbocycles. The lowest BCUT2D eigenvalue weighted by molar-refractivity contribution is 0.451. The first-order chi connectivity index (χ1) is 9.19. The molecule has 0 aromatic carbocycles. The molecule has 19 heavy (non-hydrogen) atoms. The van der Waals surface area contributed by atoms with Crippen molar-refractivity contribution in [1.82, 2.24) is 9.38 Å². The molecule has 0 unspecified atom stereocenters. The Kier molecular flexibility index (Phi) is 3.61. The summed E-state index contributed by atoms with van der Waals surface area (Å²) in [6, 6.07) is 5.17. The zero-order chi connectivity index (χ0) is 13.8. The standard InChI is InChI=1S/C15H14N2O2/c1-3-5-8-11(4-2)13-14(18)16-12-9-6-7-10-17(12)15(13)19/h3-10,18H,1H2,2H3/b8-5-,11-4+. The lowest BCUT2D eigenvalue weighted by atomic mass is 10.1. The summed E-state index contributed by atoms with van der Waals surface area (Å²) in [5, 5.41) is 9.97. The molecule has 4 nitrogen and oxygen atoms in total. The van der Waals surface area contributed by atoms with Crippen LogP contribution in [0.2, 0.25) is 0 Å². The molecule has 2 heterocycles. The molecule has 0 amide bonds. The van der Waals surface area contributed by atoms with Crippen LogP contribution in [-0.2, 0) is 0 Å². The van der Waals surface area contributed by atoms with Crippen LogP contribution >= 0.6 is 0 Å². The van der Waals surface area contributed by atoms with E-state index in [1.54, 1.807) is 55.6 Å². The molecule has 0 bridgehead atoms. The van der Waals surface area contributed by atoms with Crippen molar-refractivity contribution in [2.75, 3.05) is 0 Å². The second-order valence-corrected chi connectivity index (χ2v) is 3.88. The van der Waals surface area contributed by atoms with Gasteiger partial charge in [-0.2, -0.15) is 4.98 Å². The summed E-state index contributed by atoms with van der Waals surface area (Å²) in [4.78, 5) is 16.4. The molecular formula is C15H14N2O2. The minimum Gasteiger partial charge on any atom is -0.493 e. The molecule has 2 rings (SSSR count). The van der Waals surface area contributed by atoms with Crippen molar-refractivity contribution in [3.8, 4) is 5.88 Å². The van der Waals surface area contributed by atoms with Gasteiger partial charge in [-0.1, -0.05) is 36.9 Å². The van der Waals surface area contributed by atoms with E-state index in [9.17, 15) is 9.90 Å². The van der Waals surface area contributed by atoms with Crippen LogP contribution in [0, 0.1) is 0 Å². The monoisotopic (exact) mass is 254 g/mol. The minimum absolute atomic E-state index is 0.185. The fraction of sp³-hybridized carbons (Fsp3) is 0.0667. The highest BCUT2D eigenvalue weighted by Gasteiger charge is 2.13. The highest BCUT2D eigenvalue weighted by Crippen LogP contribution is 2.21. The molecule has 2 aromatic rings. The molecule has 0 aliphatic heterocycles. The molecule has 96 valence electrons. The number of fused-ring (bicyclic) bond motifs is 1. The fourth-order valence-corrected chi connectivity index (χ4v) is 1.83. The van der Waals surface area contributed by atoms with E-state index in [4.69, 9.17) is 0 Å². The first kappa shape index (κ1) is 12.8. The Hall–Kier alpha value is -2.62. The van der Waals surface area contributed by atoms with E-state index in [1.807, 2.05) is 0 Å². The van der Waals surface area contributed by atoms with Gasteiger partial charge in [-0.05, 0) is 24.6 Å². The van der Waals surface area contributed by atoms with Gasteiger partial charge in [0, 0.05) is 6.20 Å². The molecule has 2 aromatic heterocycles. The van der Waals surface area contributed by atoms with E-state index >= 15 is 0 Å². The van der Waals surface area contributed by atoms with Crippen LogP contribution in [0.4, 0.5) is 0 Å². The Balaban J connectivity index is 2.77. The molecule has 0 saturated heterocycles. The molecule has 0 atom stereocenters. The highest BCUT2D eigenvalue weighted by atomic mass is 16.3. The van der Waals surface area contributed by atoms with Gasteiger partial charge in [0.1, 0.15) is 11.2 Å². The number of rotatable bonds is 3. The molecule has 0 spiro atoms. The van der Waals surface area contributed by atoms with Crippen molar-refractivity contribution in [1.29, 1.82) is 0 Å². The molecule has 1 N–H and O–H groups in total. The Morgan fingerprint density at radius 1 is 1.47 bits per heavy atom. The zero-order valence-electron chi connectivity index (χ0n) is 10.6. The Morgan fingerprint density at radius 3 is 2.95 bits per heavy atom. The maximum absolute atomic E-state index is 12.4. The van der Waals surface area contributed by atoms with Crippen molar-refractivity contribution in [3.05, 3.63) is 71.2 Å². The normalized spacial score (nSPS) is 12.2. The zero-order valence-corrected chi connectivity index (χ0v) is 10.6. The van der Waals surface area contributed by atoms with Gasteiger partial charge in [0.2, 0.25) is 5.88 Å². The summed E-state index contributed by atoms with van der Waals surface area (Å²) in [5.74, 6) is -0.266. The SMILES string of the molecule is C=C/C=C\C(=C/C)c1c(O)nc2ccccn2c1=O. The maximum Gasteiger partial charge on any atom is 0.269 e. The van der Waals surface area contributed by atoms with E-state index in [1.165, 1.54) is 4.40 Å². The number of nitrogens with zero attached hydrogens (tertiary/aromatic N) is 2. The largest absolute Gasteiger partial charge is 0.493 e. The van der Waals surface area contributed by atoms with Gasteiger partial charge < -0.3 is 5.11 Å². The summed E-state index contributed by atoms with van der Waals surface area (Å²) < 4.78 is 1.40. The molecule has 0 radical (unpaired) electrons. The quantitative estimate of drug-likeness (QED) is 0.856. The summed E-state index contributed by atoms with van der Waals surface area (Å²) >= 11 is 0. The van der Waals surface area contributed by atoms with Gasteiger partial charge >= 0.3 is 0 Å². The van der Waals surface area contributed by atoms with Gasteiger partial charge in [-0.15, -0.1) is 0 Å². The van der Waals surface area contributed by atoms with Crippen LogP contribution in [0.15, 0.2) is 60.1 Å². The molecule has 4 heteroatoms. The Bertz CT molecular complexity index is 739. The molecule has 0 saturated carbocycles. The smallest absolute Gasteiger partial charge is 0.269 e. The van der Waals surface area contributed by atoms with Crippen LogP contribution in [0.5, 0.6) is 5.88 Å². The van der Waals surface area contributed by atoms with E-state index < -0.39 is 0 Å². The lowest BCUT2D eigenvalue weighted by Crippen LogP contribution is -2.18. The number of allylic oxidation sites excluding steroid dienone is 5. The Morgan fingerprint density at radius 2 is 2.26 bits per heavy atom. The van der Waals surface area contributed by atoms with E-state index in [0.717, 1.165) is 0 Å². The lowest BCUT2D eigenvalue weighted by Gasteiger charge is -2.06. The molecular weight excluding hydrogens is 240 g/mol. The second kappa shape index (κ2) is 5.35. The summed E-state index contributed by atoms with van der Waals surface area (Å²) in [5.41, 5.74) is 0.902. The first-order valence-corrected chi connectivity index (χ1v) is 5.85. The number of hydrogen-bond donors (Lipinski definition) is 1. The average molecular weight is 254 g/mol. The van der Waals surface area contributed by atoms with Crippen LogP contribution in [0.25, 0.3) is 11.2 Å². The number of aromatic nitrogens is 2. The van der Waals surface area contributed by atoms with Crippen molar-refractivity contribution >= 4 is 11.2 Å². The third-order valence-corrected chi connectivity index (χ3v) is 2.73. The number of pyridine rings is 1. The van der Waals surface area contributed by atoms with Crippen LogP contribution < -0.4 is 5.56 Å². The molecule has 0 aliphatic rings. The molecule has 0 fully saturated rings. The van der Waals surface area contributed by atoms with Crippen LogP contribution in [-0.4, -0.2) is 14.5 Å². The maximum atomic E-state index is 12.4. The topological polar surface area (TPSA) is 54.6 Å². The van der Waals surface area contributed by atoms with Crippen molar-refractivity contribution in [2.24, 2.45) is 0 Å².